The molecule has 1 saturated heterocycles. The Kier molecular flexibility index (Phi) is 6.92. The quantitative estimate of drug-likeness (QED) is 0.769. The van der Waals surface area contributed by atoms with Crippen LogP contribution >= 0.6 is 12.2 Å². The van der Waals surface area contributed by atoms with E-state index >= 15 is 0 Å². The molecule has 0 saturated carbocycles. The van der Waals surface area contributed by atoms with Crippen LogP contribution in [-0.2, 0) is 11.2 Å². The first-order valence-corrected chi connectivity index (χ1v) is 8.36. The molecule has 128 valence electrons. The summed E-state index contributed by atoms with van der Waals surface area (Å²) >= 11 is 5.43. The van der Waals surface area contributed by atoms with Crippen LogP contribution < -0.4 is 14.8 Å². The second-order valence-corrected chi connectivity index (χ2v) is 6.07. The summed E-state index contributed by atoms with van der Waals surface area (Å²) in [7, 11) is 5.30. The van der Waals surface area contributed by atoms with Crippen LogP contribution in [0.15, 0.2) is 18.2 Å². The minimum Gasteiger partial charge on any atom is -0.493 e. The summed E-state index contributed by atoms with van der Waals surface area (Å²) in [5.74, 6) is 1.50. The molecule has 0 unspecified atom stereocenters. The summed E-state index contributed by atoms with van der Waals surface area (Å²) < 4.78 is 16.2. The summed E-state index contributed by atoms with van der Waals surface area (Å²) in [4.78, 5) is 2.06. The van der Waals surface area contributed by atoms with Crippen molar-refractivity contribution in [1.29, 1.82) is 0 Å². The van der Waals surface area contributed by atoms with Crippen molar-refractivity contribution in [3.05, 3.63) is 23.8 Å². The van der Waals surface area contributed by atoms with Gasteiger partial charge >= 0.3 is 0 Å². The minimum atomic E-state index is 0.298. The van der Waals surface area contributed by atoms with Crippen molar-refractivity contribution in [3.8, 4) is 11.5 Å². The number of methoxy groups -OCH3 is 2. The largest absolute Gasteiger partial charge is 0.493 e. The van der Waals surface area contributed by atoms with Crippen molar-refractivity contribution < 1.29 is 14.2 Å². The van der Waals surface area contributed by atoms with Crippen molar-refractivity contribution in [2.75, 3.05) is 41.0 Å². The summed E-state index contributed by atoms with van der Waals surface area (Å²) in [5.41, 5.74) is 1.19. The fourth-order valence-electron chi connectivity index (χ4n) is 2.58. The Morgan fingerprint density at radius 1 is 1.35 bits per heavy atom. The first kappa shape index (κ1) is 17.8. The molecule has 2 rings (SSSR count). The number of nitrogens with zero attached hydrogens (tertiary/aromatic N) is 1. The predicted octanol–water partition coefficient (Wildman–Crippen LogP) is 2.23. The fraction of sp³-hybridized carbons (Fsp3) is 0.588. The van der Waals surface area contributed by atoms with Crippen molar-refractivity contribution in [3.63, 3.8) is 0 Å². The zero-order valence-electron chi connectivity index (χ0n) is 14.1. The number of rotatable bonds is 7. The molecule has 1 aromatic rings. The Labute approximate surface area is 143 Å². The molecule has 6 heteroatoms. The molecule has 1 N–H and O–H groups in total. The van der Waals surface area contributed by atoms with Crippen LogP contribution in [0.4, 0.5) is 0 Å². The first-order valence-electron chi connectivity index (χ1n) is 7.95. The molecule has 1 heterocycles. The molecule has 0 spiro atoms. The zero-order valence-corrected chi connectivity index (χ0v) is 14.9. The third-order valence-corrected chi connectivity index (χ3v) is 4.49. The summed E-state index contributed by atoms with van der Waals surface area (Å²) in [6.07, 6.45) is 3.45. The number of nitrogens with one attached hydrogen (secondary N) is 1. The number of hydrogen-bond acceptors (Lipinski definition) is 4. The predicted molar refractivity (Wildman–Crippen MR) is 95.5 cm³/mol. The number of hydrogen-bond donors (Lipinski definition) is 1. The van der Waals surface area contributed by atoms with Gasteiger partial charge in [0.25, 0.3) is 0 Å². The second kappa shape index (κ2) is 8.93. The average Bonchev–Trinajstić information content (AvgIpc) is 3.10. The Bertz CT molecular complexity index is 519. The van der Waals surface area contributed by atoms with Gasteiger partial charge in [-0.05, 0) is 49.2 Å². The van der Waals surface area contributed by atoms with Crippen LogP contribution in [0, 0.1) is 0 Å². The van der Waals surface area contributed by atoms with Crippen LogP contribution in [0.3, 0.4) is 0 Å². The molecule has 1 atom stereocenters. The third-order valence-electron chi connectivity index (χ3n) is 4.04. The lowest BCUT2D eigenvalue weighted by molar-refractivity contribution is 0.113. The summed E-state index contributed by atoms with van der Waals surface area (Å²) in [5, 5.41) is 4.05. The van der Waals surface area contributed by atoms with E-state index in [0.29, 0.717) is 6.10 Å². The number of thiocarbonyl (C=S) groups is 1. The van der Waals surface area contributed by atoms with Crippen molar-refractivity contribution in [2.45, 2.75) is 25.4 Å². The lowest BCUT2D eigenvalue weighted by atomic mass is 10.1. The lowest BCUT2D eigenvalue weighted by Crippen LogP contribution is -2.41. The molecule has 1 aliphatic rings. The highest BCUT2D eigenvalue weighted by Gasteiger charge is 2.16. The monoisotopic (exact) mass is 338 g/mol. The molecular weight excluding hydrogens is 312 g/mol. The number of likely N-dealkylation sites (N-methyl/N-ethyl adjacent to an activating group) is 1. The molecule has 1 aliphatic heterocycles. The number of benzene rings is 1. The van der Waals surface area contributed by atoms with Gasteiger partial charge in [-0.1, -0.05) is 6.07 Å². The molecule has 5 nitrogen and oxygen atoms in total. The van der Waals surface area contributed by atoms with E-state index in [0.717, 1.165) is 55.6 Å². The molecule has 1 fully saturated rings. The zero-order chi connectivity index (χ0) is 16.7. The maximum atomic E-state index is 5.59. The van der Waals surface area contributed by atoms with Crippen molar-refractivity contribution in [1.82, 2.24) is 10.2 Å². The van der Waals surface area contributed by atoms with Crippen LogP contribution in [0.2, 0.25) is 0 Å². The van der Waals surface area contributed by atoms with Gasteiger partial charge in [0.05, 0.1) is 20.3 Å². The van der Waals surface area contributed by atoms with E-state index in [1.165, 1.54) is 5.56 Å². The number of ether oxygens (including phenoxy) is 3. The van der Waals surface area contributed by atoms with Gasteiger partial charge in [0.1, 0.15) is 0 Å². The van der Waals surface area contributed by atoms with Crippen LogP contribution in [0.5, 0.6) is 11.5 Å². The standard InChI is InChI=1S/C17H26N2O3S/c1-19(17(23)18-12-14-5-4-10-22-14)9-8-13-6-7-15(20-2)16(11-13)21-3/h6-7,11,14H,4-5,8-10,12H2,1-3H3,(H,18,23)/t14-/m1/s1. The Morgan fingerprint density at radius 3 is 2.78 bits per heavy atom. The highest BCUT2D eigenvalue weighted by atomic mass is 32.1. The molecule has 0 bridgehead atoms. The Balaban J connectivity index is 1.78. The van der Waals surface area contributed by atoms with Gasteiger partial charge in [0, 0.05) is 26.7 Å². The van der Waals surface area contributed by atoms with Gasteiger partial charge in [-0.2, -0.15) is 0 Å². The van der Waals surface area contributed by atoms with E-state index in [1.54, 1.807) is 14.2 Å². The third kappa shape index (κ3) is 5.25. The highest BCUT2D eigenvalue weighted by molar-refractivity contribution is 7.80. The van der Waals surface area contributed by atoms with E-state index in [1.807, 2.05) is 19.2 Å². The second-order valence-electron chi connectivity index (χ2n) is 5.68. The maximum absolute atomic E-state index is 5.59. The SMILES string of the molecule is COc1ccc(CCN(C)C(=S)NC[C@H]2CCCO2)cc1OC. The minimum absolute atomic E-state index is 0.298. The molecule has 0 radical (unpaired) electrons. The maximum Gasteiger partial charge on any atom is 0.168 e. The van der Waals surface area contributed by atoms with E-state index in [4.69, 9.17) is 26.4 Å². The smallest absolute Gasteiger partial charge is 0.168 e. The Hall–Kier alpha value is -1.53. The molecule has 23 heavy (non-hydrogen) atoms. The van der Waals surface area contributed by atoms with Crippen LogP contribution in [0.25, 0.3) is 0 Å². The molecule has 0 aromatic heterocycles. The molecule has 1 aromatic carbocycles. The van der Waals surface area contributed by atoms with Gasteiger partial charge < -0.3 is 24.4 Å². The first-order chi connectivity index (χ1) is 11.1. The Morgan fingerprint density at radius 2 is 2.13 bits per heavy atom. The van der Waals surface area contributed by atoms with Gasteiger partial charge in [0.15, 0.2) is 16.6 Å². The normalized spacial score (nSPS) is 16.9. The summed E-state index contributed by atoms with van der Waals surface area (Å²) in [6.45, 7) is 2.50. The van der Waals surface area contributed by atoms with E-state index < -0.39 is 0 Å². The van der Waals surface area contributed by atoms with Gasteiger partial charge in [-0.3, -0.25) is 0 Å². The highest BCUT2D eigenvalue weighted by Crippen LogP contribution is 2.27. The average molecular weight is 338 g/mol. The molecular formula is C17H26N2O3S. The van der Waals surface area contributed by atoms with E-state index in [9.17, 15) is 0 Å². The molecule has 0 amide bonds. The molecule has 0 aliphatic carbocycles. The van der Waals surface area contributed by atoms with Crippen molar-refractivity contribution in [2.24, 2.45) is 0 Å². The van der Waals surface area contributed by atoms with Gasteiger partial charge in [0.2, 0.25) is 0 Å². The fourth-order valence-corrected chi connectivity index (χ4v) is 2.75. The topological polar surface area (TPSA) is 43.0 Å². The van der Waals surface area contributed by atoms with Gasteiger partial charge in [-0.25, -0.2) is 0 Å². The van der Waals surface area contributed by atoms with Crippen LogP contribution in [0.1, 0.15) is 18.4 Å². The van der Waals surface area contributed by atoms with E-state index in [2.05, 4.69) is 16.3 Å². The summed E-state index contributed by atoms with van der Waals surface area (Å²) in [6, 6.07) is 6.00. The van der Waals surface area contributed by atoms with E-state index in [-0.39, 0.29) is 0 Å². The van der Waals surface area contributed by atoms with Crippen LogP contribution in [-0.4, -0.2) is 57.1 Å². The van der Waals surface area contributed by atoms with Crippen molar-refractivity contribution >= 4 is 17.3 Å². The van der Waals surface area contributed by atoms with Gasteiger partial charge in [-0.15, -0.1) is 0 Å². The lowest BCUT2D eigenvalue weighted by Gasteiger charge is -2.22.